The van der Waals surface area contributed by atoms with Crippen molar-refractivity contribution in [2.24, 2.45) is 11.7 Å². The third kappa shape index (κ3) is 3.31. The molecule has 19 heavy (non-hydrogen) atoms. The van der Waals surface area contributed by atoms with E-state index in [4.69, 9.17) is 5.73 Å². The molecule has 0 spiro atoms. The van der Waals surface area contributed by atoms with Crippen molar-refractivity contribution < 1.29 is 18.0 Å². The lowest BCUT2D eigenvalue weighted by Gasteiger charge is -2.09. The molecule has 1 aromatic carbocycles. The van der Waals surface area contributed by atoms with Gasteiger partial charge in [-0.05, 0) is 30.7 Å². The molecule has 1 aliphatic heterocycles. The zero-order valence-corrected chi connectivity index (χ0v) is 10.9. The number of hydrogen-bond donors (Lipinski definition) is 2. The van der Waals surface area contributed by atoms with Crippen molar-refractivity contribution in [3.63, 3.8) is 0 Å². The van der Waals surface area contributed by atoms with E-state index in [9.17, 15) is 18.0 Å². The van der Waals surface area contributed by atoms with Gasteiger partial charge in [0.05, 0.1) is 17.4 Å². The topological polar surface area (TPSA) is 106 Å². The monoisotopic (exact) mass is 282 g/mol. The van der Waals surface area contributed by atoms with E-state index < -0.39 is 21.7 Å². The molecule has 0 bridgehead atoms. The second-order valence-corrected chi connectivity index (χ2v) is 6.76. The van der Waals surface area contributed by atoms with Crippen molar-refractivity contribution in [3.05, 3.63) is 29.8 Å². The van der Waals surface area contributed by atoms with Crippen molar-refractivity contribution in [1.82, 2.24) is 0 Å². The number of carbonyl (C=O) groups excluding carboxylic acids is 2. The molecule has 102 valence electrons. The van der Waals surface area contributed by atoms with E-state index in [1.165, 1.54) is 12.1 Å². The Bertz CT molecular complexity index is 607. The Morgan fingerprint density at radius 1 is 1.21 bits per heavy atom. The van der Waals surface area contributed by atoms with Crippen LogP contribution in [0.2, 0.25) is 0 Å². The van der Waals surface area contributed by atoms with E-state index >= 15 is 0 Å². The van der Waals surface area contributed by atoms with E-state index in [0.29, 0.717) is 17.7 Å². The summed E-state index contributed by atoms with van der Waals surface area (Å²) in [6.45, 7) is 0. The van der Waals surface area contributed by atoms with E-state index in [1.807, 2.05) is 0 Å². The van der Waals surface area contributed by atoms with E-state index in [1.54, 1.807) is 12.1 Å². The maximum absolute atomic E-state index is 11.9. The van der Waals surface area contributed by atoms with Crippen LogP contribution in [0.4, 0.5) is 5.69 Å². The second kappa shape index (κ2) is 5.00. The maximum Gasteiger partial charge on any atom is 0.248 e. The Balaban J connectivity index is 2.01. The standard InChI is InChI=1S/C12H14N2O4S/c13-11(15)8-1-3-10(4-2-8)14-12(16)9-5-6-19(17,18)7-9/h1-4,9H,5-7H2,(H2,13,15)(H,14,16). The number of carbonyl (C=O) groups is 2. The van der Waals surface area contributed by atoms with Gasteiger partial charge in [0.1, 0.15) is 0 Å². The van der Waals surface area contributed by atoms with Gasteiger partial charge in [0.2, 0.25) is 11.8 Å². The highest BCUT2D eigenvalue weighted by Crippen LogP contribution is 2.20. The summed E-state index contributed by atoms with van der Waals surface area (Å²) in [5.74, 6) is -1.39. The van der Waals surface area contributed by atoms with Gasteiger partial charge in [-0.15, -0.1) is 0 Å². The average molecular weight is 282 g/mol. The first-order valence-electron chi connectivity index (χ1n) is 5.78. The van der Waals surface area contributed by atoms with Crippen LogP contribution in [0, 0.1) is 5.92 Å². The van der Waals surface area contributed by atoms with E-state index in [2.05, 4.69) is 5.32 Å². The number of primary amides is 1. The van der Waals surface area contributed by atoms with Gasteiger partial charge in [0.15, 0.2) is 9.84 Å². The largest absolute Gasteiger partial charge is 0.366 e. The summed E-state index contributed by atoms with van der Waals surface area (Å²) >= 11 is 0. The van der Waals surface area contributed by atoms with Crippen LogP contribution >= 0.6 is 0 Å². The SMILES string of the molecule is NC(=O)c1ccc(NC(=O)C2CCS(=O)(=O)C2)cc1. The fourth-order valence-electron chi connectivity index (χ4n) is 1.96. The number of benzene rings is 1. The highest BCUT2D eigenvalue weighted by Gasteiger charge is 2.32. The minimum absolute atomic E-state index is 0.0612. The van der Waals surface area contributed by atoms with Gasteiger partial charge >= 0.3 is 0 Å². The third-order valence-corrected chi connectivity index (χ3v) is 4.81. The first-order chi connectivity index (χ1) is 8.87. The first kappa shape index (κ1) is 13.5. The molecule has 0 aliphatic carbocycles. The Labute approximate surface area is 110 Å². The molecule has 7 heteroatoms. The Morgan fingerprint density at radius 3 is 2.32 bits per heavy atom. The van der Waals surface area contributed by atoms with Crippen LogP contribution in [0.3, 0.4) is 0 Å². The van der Waals surface area contributed by atoms with Crippen LogP contribution < -0.4 is 11.1 Å². The fraction of sp³-hybridized carbons (Fsp3) is 0.333. The molecule has 1 atom stereocenters. The number of rotatable bonds is 3. The van der Waals surface area contributed by atoms with Crippen LogP contribution in [0.5, 0.6) is 0 Å². The molecule has 2 rings (SSSR count). The molecule has 0 aromatic heterocycles. The molecule has 2 amide bonds. The van der Waals surface area contributed by atoms with Crippen molar-refractivity contribution >= 4 is 27.3 Å². The van der Waals surface area contributed by atoms with Gasteiger partial charge in [0, 0.05) is 11.3 Å². The van der Waals surface area contributed by atoms with Gasteiger partial charge < -0.3 is 11.1 Å². The molecule has 6 nitrogen and oxygen atoms in total. The molecule has 1 fully saturated rings. The fourth-order valence-corrected chi connectivity index (χ4v) is 3.71. The Hall–Kier alpha value is -1.89. The molecule has 1 saturated heterocycles. The molecular formula is C12H14N2O4S. The second-order valence-electron chi connectivity index (χ2n) is 4.53. The minimum Gasteiger partial charge on any atom is -0.366 e. The number of hydrogen-bond acceptors (Lipinski definition) is 4. The van der Waals surface area contributed by atoms with Crippen molar-refractivity contribution in [3.8, 4) is 0 Å². The highest BCUT2D eigenvalue weighted by molar-refractivity contribution is 7.91. The van der Waals surface area contributed by atoms with Crippen molar-refractivity contribution in [1.29, 1.82) is 0 Å². The van der Waals surface area contributed by atoms with Crippen LogP contribution in [0.1, 0.15) is 16.8 Å². The lowest BCUT2D eigenvalue weighted by atomic mass is 10.1. The summed E-state index contributed by atoms with van der Waals surface area (Å²) in [5, 5.41) is 2.63. The van der Waals surface area contributed by atoms with Crippen LogP contribution in [0.25, 0.3) is 0 Å². The molecule has 0 radical (unpaired) electrons. The molecule has 1 aliphatic rings. The van der Waals surface area contributed by atoms with Gasteiger partial charge in [0.25, 0.3) is 0 Å². The van der Waals surface area contributed by atoms with Crippen LogP contribution in [0.15, 0.2) is 24.3 Å². The minimum atomic E-state index is -3.07. The smallest absolute Gasteiger partial charge is 0.248 e. The molecule has 3 N–H and O–H groups in total. The molecular weight excluding hydrogens is 268 g/mol. The molecule has 1 heterocycles. The Kier molecular flexibility index (Phi) is 3.57. The van der Waals surface area contributed by atoms with Crippen molar-refractivity contribution in [2.45, 2.75) is 6.42 Å². The predicted octanol–water partition coefficient (Wildman–Crippen LogP) is 0.159. The van der Waals surface area contributed by atoms with Gasteiger partial charge in [-0.3, -0.25) is 9.59 Å². The quantitative estimate of drug-likeness (QED) is 0.823. The van der Waals surface area contributed by atoms with Crippen molar-refractivity contribution in [2.75, 3.05) is 16.8 Å². The van der Waals surface area contributed by atoms with E-state index in [-0.39, 0.29) is 17.4 Å². The number of nitrogens with one attached hydrogen (secondary N) is 1. The average Bonchev–Trinajstić information content (AvgIpc) is 2.70. The number of amides is 2. The van der Waals surface area contributed by atoms with E-state index in [0.717, 1.165) is 0 Å². The number of sulfone groups is 1. The summed E-state index contributed by atoms with van der Waals surface area (Å²) in [6.07, 6.45) is 0.355. The van der Waals surface area contributed by atoms with Crippen LogP contribution in [-0.2, 0) is 14.6 Å². The predicted molar refractivity (Wildman–Crippen MR) is 70.4 cm³/mol. The van der Waals surface area contributed by atoms with Gasteiger partial charge in [-0.1, -0.05) is 0 Å². The lowest BCUT2D eigenvalue weighted by Crippen LogP contribution is -2.23. The maximum atomic E-state index is 11.9. The normalized spacial score (nSPS) is 20.9. The first-order valence-corrected chi connectivity index (χ1v) is 7.61. The zero-order valence-electron chi connectivity index (χ0n) is 10.1. The Morgan fingerprint density at radius 2 is 1.84 bits per heavy atom. The number of nitrogens with two attached hydrogens (primary N) is 1. The molecule has 1 aromatic rings. The summed E-state index contributed by atoms with van der Waals surface area (Å²) in [6, 6.07) is 6.12. The summed E-state index contributed by atoms with van der Waals surface area (Å²) in [7, 11) is -3.07. The summed E-state index contributed by atoms with van der Waals surface area (Å²) < 4.78 is 22.6. The number of anilines is 1. The zero-order chi connectivity index (χ0) is 14.0. The lowest BCUT2D eigenvalue weighted by molar-refractivity contribution is -0.119. The third-order valence-electron chi connectivity index (χ3n) is 3.04. The summed E-state index contributed by atoms with van der Waals surface area (Å²) in [4.78, 5) is 22.7. The molecule has 1 unspecified atom stereocenters. The van der Waals surface area contributed by atoms with Gasteiger partial charge in [-0.2, -0.15) is 0 Å². The highest BCUT2D eigenvalue weighted by atomic mass is 32.2. The summed E-state index contributed by atoms with van der Waals surface area (Å²) in [5.41, 5.74) is 5.96. The molecule has 0 saturated carbocycles. The van der Waals surface area contributed by atoms with Crippen LogP contribution in [-0.4, -0.2) is 31.7 Å². The van der Waals surface area contributed by atoms with Gasteiger partial charge in [-0.25, -0.2) is 8.42 Å².